The van der Waals surface area contributed by atoms with Crippen molar-refractivity contribution in [2.75, 3.05) is 53.0 Å². The smallest absolute Gasteiger partial charge is 0.193 e. The van der Waals surface area contributed by atoms with E-state index < -0.39 is 0 Å². The lowest BCUT2D eigenvalue weighted by Gasteiger charge is -2.32. The first-order chi connectivity index (χ1) is 12.3. The third-order valence-electron chi connectivity index (χ3n) is 5.00. The van der Waals surface area contributed by atoms with Crippen molar-refractivity contribution >= 4 is 17.3 Å². The van der Waals surface area contributed by atoms with E-state index in [2.05, 4.69) is 37.4 Å². The van der Waals surface area contributed by atoms with Crippen LogP contribution in [0.25, 0.3) is 0 Å². The van der Waals surface area contributed by atoms with Gasteiger partial charge in [-0.05, 0) is 32.6 Å². The minimum atomic E-state index is 0.649. The van der Waals surface area contributed by atoms with Gasteiger partial charge in [0, 0.05) is 56.9 Å². The lowest BCUT2D eigenvalue weighted by Crippen LogP contribution is -2.46. The minimum absolute atomic E-state index is 0.649. The van der Waals surface area contributed by atoms with Gasteiger partial charge in [-0.3, -0.25) is 9.89 Å². The van der Waals surface area contributed by atoms with E-state index in [-0.39, 0.29) is 0 Å². The van der Waals surface area contributed by atoms with Gasteiger partial charge in [-0.1, -0.05) is 0 Å². The molecule has 6 nitrogen and oxygen atoms in total. The average molecular weight is 366 g/mol. The fraction of sp³-hybridized carbons (Fsp3) is 0.778. The quantitative estimate of drug-likeness (QED) is 0.473. The SMILES string of the molecule is CN=C(NCCCCc1nc(C)cs1)N1CCC(N2CCOCC2)C1. The minimum Gasteiger partial charge on any atom is -0.379 e. The molecule has 140 valence electrons. The van der Waals surface area contributed by atoms with Crippen molar-refractivity contribution in [3.63, 3.8) is 0 Å². The van der Waals surface area contributed by atoms with Crippen LogP contribution in [-0.4, -0.2) is 79.8 Å². The second-order valence-corrected chi connectivity index (χ2v) is 7.79. The van der Waals surface area contributed by atoms with Gasteiger partial charge >= 0.3 is 0 Å². The number of guanidine groups is 1. The Hall–Kier alpha value is -1.18. The fourth-order valence-corrected chi connectivity index (χ4v) is 4.44. The van der Waals surface area contributed by atoms with Crippen LogP contribution in [0, 0.1) is 6.92 Å². The van der Waals surface area contributed by atoms with Crippen LogP contribution in [0.15, 0.2) is 10.4 Å². The number of aliphatic imine (C=N–C) groups is 1. The number of nitrogens with zero attached hydrogens (tertiary/aromatic N) is 4. The Kier molecular flexibility index (Phi) is 7.07. The summed E-state index contributed by atoms with van der Waals surface area (Å²) < 4.78 is 5.47. The molecule has 0 bridgehead atoms. The summed E-state index contributed by atoms with van der Waals surface area (Å²) in [6.45, 7) is 9.12. The molecule has 1 aromatic rings. The van der Waals surface area contributed by atoms with E-state index in [0.717, 1.165) is 70.4 Å². The van der Waals surface area contributed by atoms with Crippen LogP contribution >= 0.6 is 11.3 Å². The Labute approximate surface area is 155 Å². The van der Waals surface area contributed by atoms with Gasteiger partial charge in [-0.15, -0.1) is 11.3 Å². The standard InChI is InChI=1S/C18H31N5OS/c1-15-14-25-17(21-15)5-3-4-7-20-18(19-2)23-8-6-16(13-23)22-9-11-24-12-10-22/h14,16H,3-13H2,1-2H3,(H,19,20). The van der Waals surface area contributed by atoms with E-state index in [1.54, 1.807) is 11.3 Å². The molecule has 0 amide bonds. The maximum Gasteiger partial charge on any atom is 0.193 e. The maximum absolute atomic E-state index is 5.47. The number of hydrogen-bond donors (Lipinski definition) is 1. The highest BCUT2D eigenvalue weighted by Crippen LogP contribution is 2.17. The lowest BCUT2D eigenvalue weighted by molar-refractivity contribution is 0.0195. The van der Waals surface area contributed by atoms with Gasteiger partial charge in [0.15, 0.2) is 5.96 Å². The van der Waals surface area contributed by atoms with E-state index in [9.17, 15) is 0 Å². The van der Waals surface area contributed by atoms with Crippen molar-refractivity contribution in [1.82, 2.24) is 20.1 Å². The summed E-state index contributed by atoms with van der Waals surface area (Å²) in [4.78, 5) is 14.0. The summed E-state index contributed by atoms with van der Waals surface area (Å²) >= 11 is 1.78. The molecule has 3 heterocycles. The fourth-order valence-electron chi connectivity index (χ4n) is 3.63. The Bertz CT molecular complexity index is 555. The predicted octanol–water partition coefficient (Wildman–Crippen LogP) is 1.76. The number of aryl methyl sites for hydroxylation is 2. The maximum atomic E-state index is 5.47. The predicted molar refractivity (Wildman–Crippen MR) is 104 cm³/mol. The molecule has 1 atom stereocenters. The topological polar surface area (TPSA) is 53.0 Å². The summed E-state index contributed by atoms with van der Waals surface area (Å²) in [5.74, 6) is 1.06. The molecule has 2 aliphatic rings. The van der Waals surface area contributed by atoms with Crippen LogP contribution in [0.2, 0.25) is 0 Å². The molecule has 2 aliphatic heterocycles. The summed E-state index contributed by atoms with van der Waals surface area (Å²) in [7, 11) is 1.89. The summed E-state index contributed by atoms with van der Waals surface area (Å²) in [6.07, 6.45) is 4.64. The number of hydrogen-bond acceptors (Lipinski definition) is 5. The van der Waals surface area contributed by atoms with Gasteiger partial charge in [0.1, 0.15) is 0 Å². The second-order valence-electron chi connectivity index (χ2n) is 6.85. The second kappa shape index (κ2) is 9.50. The van der Waals surface area contributed by atoms with Crippen LogP contribution in [0.4, 0.5) is 0 Å². The Morgan fingerprint density at radius 2 is 2.20 bits per heavy atom. The zero-order valence-corrected chi connectivity index (χ0v) is 16.4. The van der Waals surface area contributed by atoms with Crippen LogP contribution in [0.1, 0.15) is 30.0 Å². The van der Waals surface area contributed by atoms with E-state index in [1.807, 2.05) is 7.05 Å². The molecule has 1 aromatic heterocycles. The van der Waals surface area contributed by atoms with Crippen molar-refractivity contribution in [2.45, 2.75) is 38.6 Å². The first-order valence-corrected chi connectivity index (χ1v) is 10.3. The Balaban J connectivity index is 1.35. The average Bonchev–Trinajstić information content (AvgIpc) is 3.28. The molecular formula is C18H31N5OS. The Morgan fingerprint density at radius 3 is 2.92 bits per heavy atom. The van der Waals surface area contributed by atoms with Gasteiger partial charge in [-0.2, -0.15) is 0 Å². The van der Waals surface area contributed by atoms with E-state index in [0.29, 0.717) is 6.04 Å². The number of rotatable bonds is 6. The molecule has 25 heavy (non-hydrogen) atoms. The highest BCUT2D eigenvalue weighted by molar-refractivity contribution is 7.09. The van der Waals surface area contributed by atoms with Crippen molar-refractivity contribution in [1.29, 1.82) is 0 Å². The van der Waals surface area contributed by atoms with E-state index in [4.69, 9.17) is 4.74 Å². The lowest BCUT2D eigenvalue weighted by atomic mass is 10.2. The highest BCUT2D eigenvalue weighted by Gasteiger charge is 2.30. The molecule has 0 aliphatic carbocycles. The van der Waals surface area contributed by atoms with Crippen LogP contribution in [0.5, 0.6) is 0 Å². The van der Waals surface area contributed by atoms with E-state index in [1.165, 1.54) is 17.8 Å². The molecule has 0 saturated carbocycles. The van der Waals surface area contributed by atoms with Crippen molar-refractivity contribution in [3.05, 3.63) is 16.1 Å². The number of likely N-dealkylation sites (tertiary alicyclic amines) is 1. The monoisotopic (exact) mass is 365 g/mol. The summed E-state index contributed by atoms with van der Waals surface area (Å²) in [5, 5.41) is 6.93. The summed E-state index contributed by atoms with van der Waals surface area (Å²) in [5.41, 5.74) is 1.14. The molecule has 1 unspecified atom stereocenters. The third-order valence-corrected chi connectivity index (χ3v) is 6.03. The molecule has 0 aromatic carbocycles. The first kappa shape index (κ1) is 18.6. The molecule has 7 heteroatoms. The zero-order chi connectivity index (χ0) is 17.5. The highest BCUT2D eigenvalue weighted by atomic mass is 32.1. The van der Waals surface area contributed by atoms with Gasteiger partial charge < -0.3 is 15.0 Å². The number of ether oxygens (including phenoxy) is 1. The normalized spacial score (nSPS) is 22.6. The van der Waals surface area contributed by atoms with Crippen molar-refractivity contribution < 1.29 is 4.74 Å². The molecule has 0 spiro atoms. The van der Waals surface area contributed by atoms with Gasteiger partial charge in [0.2, 0.25) is 0 Å². The number of nitrogens with one attached hydrogen (secondary N) is 1. The van der Waals surface area contributed by atoms with Crippen molar-refractivity contribution in [2.24, 2.45) is 4.99 Å². The molecule has 2 saturated heterocycles. The number of aromatic nitrogens is 1. The molecule has 2 fully saturated rings. The number of morpholine rings is 1. The first-order valence-electron chi connectivity index (χ1n) is 9.44. The van der Waals surface area contributed by atoms with E-state index >= 15 is 0 Å². The van der Waals surface area contributed by atoms with Crippen LogP contribution in [0.3, 0.4) is 0 Å². The van der Waals surface area contributed by atoms with Crippen LogP contribution < -0.4 is 5.32 Å². The summed E-state index contributed by atoms with van der Waals surface area (Å²) in [6, 6.07) is 0.649. The number of thiazole rings is 1. The Morgan fingerprint density at radius 1 is 1.36 bits per heavy atom. The molecular weight excluding hydrogens is 334 g/mol. The molecule has 0 radical (unpaired) electrons. The van der Waals surface area contributed by atoms with Gasteiger partial charge in [-0.25, -0.2) is 4.98 Å². The van der Waals surface area contributed by atoms with Crippen molar-refractivity contribution in [3.8, 4) is 0 Å². The molecule has 1 N–H and O–H groups in total. The number of unbranched alkanes of at least 4 members (excludes halogenated alkanes) is 1. The van der Waals surface area contributed by atoms with Gasteiger partial charge in [0.05, 0.1) is 18.2 Å². The molecule has 3 rings (SSSR count). The van der Waals surface area contributed by atoms with Crippen LogP contribution in [-0.2, 0) is 11.2 Å². The van der Waals surface area contributed by atoms with Gasteiger partial charge in [0.25, 0.3) is 0 Å². The largest absolute Gasteiger partial charge is 0.379 e. The third kappa shape index (κ3) is 5.39. The zero-order valence-electron chi connectivity index (χ0n) is 15.5.